The second kappa shape index (κ2) is 24.5. The van der Waals surface area contributed by atoms with Gasteiger partial charge < -0.3 is 27.0 Å². The van der Waals surface area contributed by atoms with Gasteiger partial charge in [-0.25, -0.2) is 0 Å². The summed E-state index contributed by atoms with van der Waals surface area (Å²) in [4.78, 5) is 2.43. The summed E-state index contributed by atoms with van der Waals surface area (Å²) in [7, 11) is 4.62. The third-order valence-electron chi connectivity index (χ3n) is 8.85. The molecular weight excluding hydrogens is 608 g/mol. The van der Waals surface area contributed by atoms with Gasteiger partial charge >= 0.3 is 0 Å². The molecule has 1 atom stereocenters. The van der Waals surface area contributed by atoms with E-state index >= 15 is 0 Å². The molecular formula is C43H65B2N5. The normalized spacial score (nSPS) is 12.4. The molecule has 1 unspecified atom stereocenters. The smallest absolute Gasteiger partial charge is 0.152 e. The fourth-order valence-electron chi connectivity index (χ4n) is 6.01. The Morgan fingerprint density at radius 3 is 2.02 bits per heavy atom. The van der Waals surface area contributed by atoms with Crippen LogP contribution in [0.5, 0.6) is 0 Å². The summed E-state index contributed by atoms with van der Waals surface area (Å²) in [6.45, 7) is 26.2. The quantitative estimate of drug-likeness (QED) is 0.0889. The highest BCUT2D eigenvalue weighted by atomic mass is 15.1. The van der Waals surface area contributed by atoms with Crippen LogP contribution >= 0.6 is 0 Å². The summed E-state index contributed by atoms with van der Waals surface area (Å²) < 4.78 is 0. The van der Waals surface area contributed by atoms with Crippen molar-refractivity contribution in [2.75, 3.05) is 19.6 Å². The first kappa shape index (κ1) is 42.5. The van der Waals surface area contributed by atoms with Crippen molar-refractivity contribution in [2.45, 2.75) is 105 Å². The standard InChI is InChI=1S/C21H25BN.C18H28BN4.2C2H6/c1-3-4-14-23(16-18-8-6-5-7-9-18)17(2)19-10-11-21-20(15-19)12-13-22-21;1-13(15-6-7-18-16(11-15)8-9-19-18)23-14(2)22-10-4-3-5-17(21)12-20;2*1-2/h5-11,15H,2-4,12-14,16H2,1H3;6-7,11,17,22-23H,1-5,8-10,12,20-21H2;2*1-2H3. The van der Waals surface area contributed by atoms with Gasteiger partial charge in [-0.15, -0.1) is 0 Å². The SMILES string of the molecule is C=C(NCCCCC(N)CN)NC(=C)c1ccc2c(c1)CC[B]2.C=C(c1ccc2c(c1)CC[B]2)N(CCCC)Cc1ccccc1.CC.CC. The van der Waals surface area contributed by atoms with Crippen LogP contribution in [0.1, 0.15) is 94.5 Å². The van der Waals surface area contributed by atoms with Gasteiger partial charge in [0.1, 0.15) is 0 Å². The Bertz CT molecular complexity index is 1440. The van der Waals surface area contributed by atoms with Gasteiger partial charge in [0.05, 0.1) is 5.82 Å². The van der Waals surface area contributed by atoms with E-state index in [9.17, 15) is 0 Å². The van der Waals surface area contributed by atoms with Crippen molar-refractivity contribution in [1.29, 1.82) is 0 Å². The number of aryl methyl sites for hydroxylation is 2. The molecule has 0 amide bonds. The number of hydrogen-bond donors (Lipinski definition) is 4. The van der Waals surface area contributed by atoms with Gasteiger partial charge in [-0.3, -0.25) is 0 Å². The third-order valence-corrected chi connectivity index (χ3v) is 8.85. The number of benzene rings is 3. The molecule has 2 radical (unpaired) electrons. The average Bonchev–Trinajstić information content (AvgIpc) is 3.84. The van der Waals surface area contributed by atoms with Gasteiger partial charge in [0.15, 0.2) is 14.6 Å². The van der Waals surface area contributed by atoms with Gasteiger partial charge in [-0.05, 0) is 48.8 Å². The zero-order chi connectivity index (χ0) is 36.7. The Hall–Kier alpha value is -3.67. The largest absolute Gasteiger partial charge is 0.372 e. The van der Waals surface area contributed by atoms with Crippen LogP contribution in [0.2, 0.25) is 12.6 Å². The third kappa shape index (κ3) is 14.3. The van der Waals surface area contributed by atoms with Crippen LogP contribution in [0.15, 0.2) is 92.3 Å². The van der Waals surface area contributed by atoms with Crippen LogP contribution in [0, 0.1) is 0 Å². The van der Waals surface area contributed by atoms with Crippen molar-refractivity contribution in [3.8, 4) is 0 Å². The lowest BCUT2D eigenvalue weighted by molar-refractivity contribution is 0.382. The summed E-state index contributed by atoms with van der Waals surface area (Å²) >= 11 is 0. The zero-order valence-electron chi connectivity index (χ0n) is 32.0. The van der Waals surface area contributed by atoms with E-state index in [1.807, 2.05) is 27.7 Å². The molecule has 0 saturated carbocycles. The maximum absolute atomic E-state index is 5.79. The maximum Gasteiger partial charge on any atom is 0.152 e. The molecule has 0 spiro atoms. The molecule has 2 aliphatic rings. The van der Waals surface area contributed by atoms with Gasteiger partial charge in [0.25, 0.3) is 0 Å². The lowest BCUT2D eigenvalue weighted by atomic mass is 9.72. The molecule has 0 aromatic heterocycles. The summed E-state index contributed by atoms with van der Waals surface area (Å²) in [5.74, 6) is 0.783. The van der Waals surface area contributed by atoms with Crippen LogP contribution in [0.3, 0.4) is 0 Å². The highest BCUT2D eigenvalue weighted by molar-refractivity contribution is 6.56. The molecule has 0 bridgehead atoms. The first-order valence-electron chi connectivity index (χ1n) is 19.1. The number of rotatable bonds is 17. The molecule has 2 aliphatic heterocycles. The van der Waals surface area contributed by atoms with Gasteiger partial charge in [0, 0.05) is 43.6 Å². The lowest BCUT2D eigenvalue weighted by Gasteiger charge is -2.27. The molecule has 6 N–H and O–H groups in total. The Balaban J connectivity index is 0.000000316. The molecule has 50 heavy (non-hydrogen) atoms. The van der Waals surface area contributed by atoms with E-state index in [1.54, 1.807) is 0 Å². The Morgan fingerprint density at radius 1 is 0.820 bits per heavy atom. The summed E-state index contributed by atoms with van der Waals surface area (Å²) in [6, 6.07) is 24.1. The minimum absolute atomic E-state index is 0.119. The van der Waals surface area contributed by atoms with Crippen LogP contribution in [-0.2, 0) is 19.4 Å². The molecule has 2 heterocycles. The summed E-state index contributed by atoms with van der Waals surface area (Å²) in [5, 5.41) is 6.53. The van der Waals surface area contributed by atoms with Crippen molar-refractivity contribution in [2.24, 2.45) is 11.5 Å². The van der Waals surface area contributed by atoms with Crippen LogP contribution in [0.4, 0.5) is 0 Å². The van der Waals surface area contributed by atoms with E-state index in [1.165, 1.54) is 58.8 Å². The second-order valence-electron chi connectivity index (χ2n) is 12.5. The van der Waals surface area contributed by atoms with Gasteiger partial charge in [-0.1, -0.05) is 169 Å². The zero-order valence-corrected chi connectivity index (χ0v) is 32.0. The molecule has 3 aromatic rings. The number of fused-ring (bicyclic) bond motifs is 2. The van der Waals surface area contributed by atoms with E-state index in [-0.39, 0.29) is 6.04 Å². The maximum atomic E-state index is 5.79. The molecule has 5 rings (SSSR count). The summed E-state index contributed by atoms with van der Waals surface area (Å²) in [5.41, 5.74) is 22.7. The van der Waals surface area contributed by atoms with Crippen molar-refractivity contribution in [1.82, 2.24) is 15.5 Å². The minimum Gasteiger partial charge on any atom is -0.372 e. The molecule has 5 nitrogen and oxygen atoms in total. The lowest BCUT2D eigenvalue weighted by Crippen LogP contribution is -2.30. The number of nitrogens with zero attached hydrogens (tertiary/aromatic N) is 1. The van der Waals surface area contributed by atoms with E-state index in [0.29, 0.717) is 6.54 Å². The average molecular weight is 674 g/mol. The number of nitrogens with one attached hydrogen (secondary N) is 2. The van der Waals surface area contributed by atoms with Crippen molar-refractivity contribution in [3.05, 3.63) is 120 Å². The van der Waals surface area contributed by atoms with Crippen LogP contribution < -0.4 is 33.0 Å². The topological polar surface area (TPSA) is 79.3 Å². The monoisotopic (exact) mass is 674 g/mol. The van der Waals surface area contributed by atoms with Crippen molar-refractivity contribution in [3.63, 3.8) is 0 Å². The van der Waals surface area contributed by atoms with Gasteiger partial charge in [-0.2, -0.15) is 0 Å². The minimum atomic E-state index is 0.119. The number of nitrogens with two attached hydrogens (primary N) is 2. The van der Waals surface area contributed by atoms with Crippen LogP contribution in [0.25, 0.3) is 11.4 Å². The highest BCUT2D eigenvalue weighted by Crippen LogP contribution is 2.23. The van der Waals surface area contributed by atoms with Crippen LogP contribution in [-0.4, -0.2) is 45.1 Å². The predicted molar refractivity (Wildman–Crippen MR) is 224 cm³/mol. The molecule has 268 valence electrons. The number of hydrogen-bond acceptors (Lipinski definition) is 5. The Kier molecular flexibility index (Phi) is 20.8. The predicted octanol–water partition coefficient (Wildman–Crippen LogP) is 7.38. The first-order chi connectivity index (χ1) is 24.4. The summed E-state index contributed by atoms with van der Waals surface area (Å²) in [6.07, 6.45) is 10.1. The Labute approximate surface area is 307 Å². The van der Waals surface area contributed by atoms with E-state index in [0.717, 1.165) is 74.4 Å². The number of unbranched alkanes of at least 4 members (excludes halogenated alkanes) is 2. The second-order valence-corrected chi connectivity index (χ2v) is 12.5. The van der Waals surface area contributed by atoms with Crippen molar-refractivity contribution < 1.29 is 0 Å². The highest BCUT2D eigenvalue weighted by Gasteiger charge is 2.16. The fourth-order valence-corrected chi connectivity index (χ4v) is 6.01. The molecule has 7 heteroatoms. The Morgan fingerprint density at radius 2 is 1.42 bits per heavy atom. The molecule has 3 aromatic carbocycles. The molecule has 0 aliphatic carbocycles. The molecule has 0 saturated heterocycles. The first-order valence-corrected chi connectivity index (χ1v) is 19.1. The molecule has 0 fully saturated rings. The fraction of sp³-hybridized carbons (Fsp3) is 0.442. The van der Waals surface area contributed by atoms with Gasteiger partial charge in [0.2, 0.25) is 0 Å². The van der Waals surface area contributed by atoms with Crippen molar-refractivity contribution >= 4 is 36.9 Å². The van der Waals surface area contributed by atoms with E-state index in [2.05, 4.69) is 123 Å². The van der Waals surface area contributed by atoms with E-state index in [4.69, 9.17) is 11.5 Å². The van der Waals surface area contributed by atoms with E-state index < -0.39 is 0 Å².